The summed E-state index contributed by atoms with van der Waals surface area (Å²) in [7, 11) is 0. The van der Waals surface area contributed by atoms with Gasteiger partial charge in [0.1, 0.15) is 23.2 Å². The maximum Gasteiger partial charge on any atom is 0.347 e. The minimum absolute atomic E-state index is 0.313. The van der Waals surface area contributed by atoms with Crippen molar-refractivity contribution in [2.24, 2.45) is 5.41 Å². The maximum absolute atomic E-state index is 11.7. The van der Waals surface area contributed by atoms with Gasteiger partial charge < -0.3 is 19.6 Å². The lowest BCUT2D eigenvalue weighted by Crippen LogP contribution is -2.18. The van der Waals surface area contributed by atoms with E-state index in [-0.39, 0.29) is 11.0 Å². The van der Waals surface area contributed by atoms with Crippen LogP contribution in [-0.4, -0.2) is 11.1 Å². The Morgan fingerprint density at radius 3 is 1.66 bits per heavy atom. The molecule has 0 unspecified atom stereocenters. The number of carboxylic acid groups (broad SMARTS) is 1. The molecule has 6 rings (SSSR count). The standard InChI is InChI=1S/C44H39N3O3/c1-44(2,3)42-30-33(41(31-45)43(48)49)29-40(50-42)28-21-32-19-22-37(23-20-32)47(36-17-11-6-12-18-36)39-26-24-38(25-27-39)46(34-13-7-4-8-14-34)35-15-9-5-10-16-35/h4-19,21-22,24-30H,20,23H2,1-3H3,(H,48,49)/b28-21+,41-33-. The quantitative estimate of drug-likeness (QED) is 0.143. The van der Waals surface area contributed by atoms with Gasteiger partial charge in [-0.3, -0.25) is 0 Å². The van der Waals surface area contributed by atoms with Gasteiger partial charge in [0, 0.05) is 45.1 Å². The lowest BCUT2D eigenvalue weighted by atomic mass is 9.90. The van der Waals surface area contributed by atoms with Crippen molar-refractivity contribution in [3.8, 4) is 6.07 Å². The normalized spacial score (nSPS) is 15.5. The van der Waals surface area contributed by atoms with E-state index in [1.54, 1.807) is 12.2 Å². The molecule has 4 aromatic carbocycles. The number of allylic oxidation sites excluding steroid dienone is 10. The van der Waals surface area contributed by atoms with E-state index in [2.05, 4.69) is 119 Å². The molecular formula is C44H39N3O3. The van der Waals surface area contributed by atoms with E-state index in [0.717, 1.165) is 46.9 Å². The van der Waals surface area contributed by atoms with Gasteiger partial charge in [-0.05, 0) is 103 Å². The van der Waals surface area contributed by atoms with Crippen molar-refractivity contribution in [1.82, 2.24) is 0 Å². The molecule has 248 valence electrons. The molecule has 0 atom stereocenters. The second-order valence-corrected chi connectivity index (χ2v) is 13.1. The Hall–Kier alpha value is -6.32. The molecule has 0 amide bonds. The SMILES string of the molecule is CC(C)(C)C1=C/C(=C(/C#N)C(=O)O)C=C(/C=C/C2=CC=C(N(c3ccccc3)c3ccc(N(c4ccccc4)c4ccccc4)cc3)CC2)O1. The molecule has 1 aliphatic carbocycles. The highest BCUT2D eigenvalue weighted by Gasteiger charge is 2.25. The van der Waals surface area contributed by atoms with Gasteiger partial charge in [0.2, 0.25) is 0 Å². The summed E-state index contributed by atoms with van der Waals surface area (Å²) in [6.07, 6.45) is 13.0. The first-order chi connectivity index (χ1) is 24.2. The monoisotopic (exact) mass is 657 g/mol. The third kappa shape index (κ3) is 7.69. The van der Waals surface area contributed by atoms with Crippen LogP contribution in [0, 0.1) is 16.7 Å². The molecule has 1 heterocycles. The van der Waals surface area contributed by atoms with Gasteiger partial charge in [-0.1, -0.05) is 87.5 Å². The molecule has 0 radical (unpaired) electrons. The van der Waals surface area contributed by atoms with Crippen molar-refractivity contribution in [2.45, 2.75) is 33.6 Å². The van der Waals surface area contributed by atoms with Crippen LogP contribution in [0.3, 0.4) is 0 Å². The number of para-hydroxylation sites is 3. The molecule has 0 bridgehead atoms. The lowest BCUT2D eigenvalue weighted by Gasteiger charge is -2.31. The van der Waals surface area contributed by atoms with Crippen LogP contribution in [0.2, 0.25) is 0 Å². The van der Waals surface area contributed by atoms with E-state index in [1.165, 1.54) is 5.70 Å². The van der Waals surface area contributed by atoms with Crippen LogP contribution in [0.4, 0.5) is 28.4 Å². The average molecular weight is 658 g/mol. The molecule has 0 fully saturated rings. The van der Waals surface area contributed by atoms with Crippen molar-refractivity contribution in [2.75, 3.05) is 9.80 Å². The molecule has 6 nitrogen and oxygen atoms in total. The van der Waals surface area contributed by atoms with Crippen LogP contribution in [0.1, 0.15) is 33.6 Å². The average Bonchev–Trinajstić information content (AvgIpc) is 3.13. The summed E-state index contributed by atoms with van der Waals surface area (Å²) >= 11 is 0. The molecule has 6 heteroatoms. The van der Waals surface area contributed by atoms with Crippen molar-refractivity contribution in [3.05, 3.63) is 186 Å². The summed E-state index contributed by atoms with van der Waals surface area (Å²) < 4.78 is 6.15. The Bertz CT molecular complexity index is 2040. The van der Waals surface area contributed by atoms with E-state index in [0.29, 0.717) is 17.1 Å². The zero-order valence-electron chi connectivity index (χ0n) is 28.5. The molecule has 0 saturated heterocycles. The summed E-state index contributed by atoms with van der Waals surface area (Å²) in [6.45, 7) is 5.96. The number of aliphatic carboxylic acids is 1. The smallest absolute Gasteiger partial charge is 0.347 e. The molecule has 0 saturated carbocycles. The number of carboxylic acids is 1. The highest BCUT2D eigenvalue weighted by atomic mass is 16.5. The van der Waals surface area contributed by atoms with Crippen LogP contribution >= 0.6 is 0 Å². The molecule has 2 aliphatic rings. The number of hydrogen-bond donors (Lipinski definition) is 1. The molecule has 1 N–H and O–H groups in total. The van der Waals surface area contributed by atoms with Gasteiger partial charge in [0.05, 0.1) is 0 Å². The zero-order valence-corrected chi connectivity index (χ0v) is 28.5. The zero-order chi connectivity index (χ0) is 35.1. The fourth-order valence-electron chi connectivity index (χ4n) is 5.92. The van der Waals surface area contributed by atoms with Gasteiger partial charge in [0.15, 0.2) is 0 Å². The summed E-state index contributed by atoms with van der Waals surface area (Å²) in [5.74, 6) is -0.171. The van der Waals surface area contributed by atoms with E-state index in [9.17, 15) is 15.2 Å². The highest BCUT2D eigenvalue weighted by molar-refractivity contribution is 5.93. The van der Waals surface area contributed by atoms with Crippen molar-refractivity contribution in [3.63, 3.8) is 0 Å². The molecule has 0 aromatic heterocycles. The van der Waals surface area contributed by atoms with Gasteiger partial charge in [-0.2, -0.15) is 5.26 Å². The second kappa shape index (κ2) is 14.8. The van der Waals surface area contributed by atoms with E-state index in [1.807, 2.05) is 57.2 Å². The Kier molecular flexibility index (Phi) is 9.97. The number of nitriles is 1. The van der Waals surface area contributed by atoms with Crippen LogP contribution in [0.5, 0.6) is 0 Å². The molecule has 0 spiro atoms. The van der Waals surface area contributed by atoms with Gasteiger partial charge in [0.25, 0.3) is 0 Å². The van der Waals surface area contributed by atoms with Crippen LogP contribution < -0.4 is 9.80 Å². The lowest BCUT2D eigenvalue weighted by molar-refractivity contribution is -0.132. The number of hydrogen-bond acceptors (Lipinski definition) is 5. The number of nitrogens with zero attached hydrogens (tertiary/aromatic N) is 3. The number of anilines is 5. The number of benzene rings is 4. The predicted octanol–water partition coefficient (Wildman–Crippen LogP) is 11.2. The van der Waals surface area contributed by atoms with Crippen molar-refractivity contribution < 1.29 is 14.6 Å². The fourth-order valence-corrected chi connectivity index (χ4v) is 5.92. The summed E-state index contributed by atoms with van der Waals surface area (Å²) in [5, 5.41) is 19.1. The number of ether oxygens (including phenoxy) is 1. The third-order valence-electron chi connectivity index (χ3n) is 8.48. The van der Waals surface area contributed by atoms with Crippen LogP contribution in [0.15, 0.2) is 186 Å². The fraction of sp³-hybridized carbons (Fsp3) is 0.136. The summed E-state index contributed by atoms with van der Waals surface area (Å²) in [4.78, 5) is 16.3. The first kappa shape index (κ1) is 33.6. The Labute approximate surface area is 294 Å². The molecule has 4 aromatic rings. The minimum atomic E-state index is -1.26. The Morgan fingerprint density at radius 1 is 0.700 bits per heavy atom. The third-order valence-corrected chi connectivity index (χ3v) is 8.48. The predicted molar refractivity (Wildman–Crippen MR) is 201 cm³/mol. The second-order valence-electron chi connectivity index (χ2n) is 13.1. The van der Waals surface area contributed by atoms with E-state index >= 15 is 0 Å². The summed E-state index contributed by atoms with van der Waals surface area (Å²) in [6, 6.07) is 41.7. The van der Waals surface area contributed by atoms with Crippen LogP contribution in [0.25, 0.3) is 0 Å². The highest BCUT2D eigenvalue weighted by Crippen LogP contribution is 2.39. The van der Waals surface area contributed by atoms with Crippen LogP contribution in [-0.2, 0) is 9.53 Å². The topological polar surface area (TPSA) is 76.8 Å². The molecular weight excluding hydrogens is 619 g/mol. The maximum atomic E-state index is 11.7. The largest absolute Gasteiger partial charge is 0.477 e. The molecule has 50 heavy (non-hydrogen) atoms. The first-order valence-electron chi connectivity index (χ1n) is 16.6. The van der Waals surface area contributed by atoms with Crippen molar-refractivity contribution in [1.29, 1.82) is 5.26 Å². The molecule has 1 aliphatic heterocycles. The Balaban J connectivity index is 1.29. The van der Waals surface area contributed by atoms with Gasteiger partial charge in [-0.15, -0.1) is 0 Å². The number of carbonyl (C=O) groups is 1. The minimum Gasteiger partial charge on any atom is -0.477 e. The van der Waals surface area contributed by atoms with E-state index in [4.69, 9.17) is 4.74 Å². The summed E-state index contributed by atoms with van der Waals surface area (Å²) in [5.41, 5.74) is 7.31. The first-order valence-corrected chi connectivity index (χ1v) is 16.6. The van der Waals surface area contributed by atoms with Crippen molar-refractivity contribution >= 4 is 34.4 Å². The number of rotatable bonds is 9. The van der Waals surface area contributed by atoms with E-state index < -0.39 is 5.97 Å². The Morgan fingerprint density at radius 2 is 1.20 bits per heavy atom. The van der Waals surface area contributed by atoms with Gasteiger partial charge in [-0.25, -0.2) is 4.79 Å². The van der Waals surface area contributed by atoms with Gasteiger partial charge >= 0.3 is 5.97 Å².